The number of tetrazole rings is 1. The van der Waals surface area contributed by atoms with Crippen LogP contribution in [0.5, 0.6) is 0 Å². The Morgan fingerprint density at radius 3 is 2.66 bits per heavy atom. The number of furan rings is 1. The molecule has 178 valence electrons. The number of aromatic amines is 1. The van der Waals surface area contributed by atoms with E-state index in [1.807, 2.05) is 47.1 Å². The van der Waals surface area contributed by atoms with Crippen LogP contribution < -0.4 is 5.56 Å². The first-order chi connectivity index (χ1) is 17.2. The molecule has 0 bridgehead atoms. The maximum atomic E-state index is 12.9. The first-order valence-electron chi connectivity index (χ1n) is 11.9. The van der Waals surface area contributed by atoms with Crippen LogP contribution in [0.15, 0.2) is 82.2 Å². The first kappa shape index (κ1) is 22.7. The van der Waals surface area contributed by atoms with Gasteiger partial charge in [0.05, 0.1) is 19.4 Å². The molecule has 0 aliphatic carbocycles. The zero-order valence-electron chi connectivity index (χ0n) is 19.7. The standard InChI is InChI=1S/C27H28N6O2/c1-2-20-10-11-25-22(15-20)16-23(27(34)28-25)17-32(18-24-9-6-14-35-24)19-26-29-30-31-33(26)13-12-21-7-4-3-5-8-21/h3-11,14-16H,2,12-13,17-19H2,1H3,(H,28,34). The van der Waals surface area contributed by atoms with Crippen LogP contribution in [-0.2, 0) is 39.0 Å². The molecule has 0 radical (unpaired) electrons. The first-order valence-corrected chi connectivity index (χ1v) is 11.9. The van der Waals surface area contributed by atoms with E-state index in [4.69, 9.17) is 4.42 Å². The highest BCUT2D eigenvalue weighted by Gasteiger charge is 2.17. The van der Waals surface area contributed by atoms with Crippen molar-refractivity contribution in [2.24, 2.45) is 0 Å². The summed E-state index contributed by atoms with van der Waals surface area (Å²) in [6.45, 7) is 4.26. The molecule has 5 aromatic rings. The predicted octanol–water partition coefficient (Wildman–Crippen LogP) is 4.12. The number of aromatic nitrogens is 5. The second-order valence-corrected chi connectivity index (χ2v) is 8.68. The van der Waals surface area contributed by atoms with E-state index in [9.17, 15) is 4.79 Å². The van der Waals surface area contributed by atoms with Crippen molar-refractivity contribution in [1.82, 2.24) is 30.1 Å². The van der Waals surface area contributed by atoms with Gasteiger partial charge < -0.3 is 9.40 Å². The largest absolute Gasteiger partial charge is 0.468 e. The number of nitrogens with one attached hydrogen (secondary N) is 1. The third-order valence-electron chi connectivity index (χ3n) is 6.17. The van der Waals surface area contributed by atoms with E-state index < -0.39 is 0 Å². The van der Waals surface area contributed by atoms with Gasteiger partial charge in [0.2, 0.25) is 0 Å². The van der Waals surface area contributed by atoms with Crippen molar-refractivity contribution in [3.8, 4) is 0 Å². The molecule has 5 rings (SSSR count). The smallest absolute Gasteiger partial charge is 0.252 e. The lowest BCUT2D eigenvalue weighted by Crippen LogP contribution is -2.28. The van der Waals surface area contributed by atoms with Gasteiger partial charge in [-0.1, -0.05) is 43.3 Å². The summed E-state index contributed by atoms with van der Waals surface area (Å²) in [5.41, 5.74) is 3.92. The highest BCUT2D eigenvalue weighted by molar-refractivity contribution is 5.79. The topological polar surface area (TPSA) is 92.8 Å². The summed E-state index contributed by atoms with van der Waals surface area (Å²) in [5.74, 6) is 1.57. The summed E-state index contributed by atoms with van der Waals surface area (Å²) in [6, 6.07) is 22.2. The molecule has 3 heterocycles. The van der Waals surface area contributed by atoms with E-state index in [-0.39, 0.29) is 5.56 Å². The minimum atomic E-state index is -0.0881. The summed E-state index contributed by atoms with van der Waals surface area (Å²) in [4.78, 5) is 18.1. The highest BCUT2D eigenvalue weighted by atomic mass is 16.3. The van der Waals surface area contributed by atoms with E-state index in [0.29, 0.717) is 31.7 Å². The highest BCUT2D eigenvalue weighted by Crippen LogP contribution is 2.17. The summed E-state index contributed by atoms with van der Waals surface area (Å²) in [6.07, 6.45) is 3.44. The molecule has 35 heavy (non-hydrogen) atoms. The number of pyridine rings is 1. The number of rotatable bonds is 10. The summed E-state index contributed by atoms with van der Waals surface area (Å²) >= 11 is 0. The molecule has 0 saturated carbocycles. The lowest BCUT2D eigenvalue weighted by atomic mass is 10.1. The third-order valence-corrected chi connectivity index (χ3v) is 6.17. The molecule has 0 fully saturated rings. The van der Waals surface area contributed by atoms with Gasteiger partial charge in [-0.2, -0.15) is 0 Å². The van der Waals surface area contributed by atoms with Gasteiger partial charge in [0.15, 0.2) is 5.82 Å². The second kappa shape index (κ2) is 10.5. The van der Waals surface area contributed by atoms with Crippen LogP contribution in [0.2, 0.25) is 0 Å². The van der Waals surface area contributed by atoms with Gasteiger partial charge in [0.1, 0.15) is 5.76 Å². The van der Waals surface area contributed by atoms with E-state index in [0.717, 1.165) is 35.3 Å². The molecule has 0 aliphatic heterocycles. The Bertz CT molecular complexity index is 1440. The molecular formula is C27H28N6O2. The molecule has 1 N–H and O–H groups in total. The average molecular weight is 469 g/mol. The maximum absolute atomic E-state index is 12.9. The minimum absolute atomic E-state index is 0.0881. The molecule has 0 atom stereocenters. The fraction of sp³-hybridized carbons (Fsp3) is 0.259. The van der Waals surface area contributed by atoms with E-state index in [1.54, 1.807) is 6.26 Å². The Hall–Kier alpha value is -4.04. The Morgan fingerprint density at radius 2 is 1.86 bits per heavy atom. The quantitative estimate of drug-likeness (QED) is 0.332. The summed E-state index contributed by atoms with van der Waals surface area (Å²) < 4.78 is 7.43. The number of nitrogens with zero attached hydrogens (tertiary/aromatic N) is 5. The third kappa shape index (κ3) is 5.55. The molecule has 0 spiro atoms. The molecule has 8 nitrogen and oxygen atoms in total. The van der Waals surface area contributed by atoms with Gasteiger partial charge >= 0.3 is 0 Å². The summed E-state index contributed by atoms with van der Waals surface area (Å²) in [7, 11) is 0. The second-order valence-electron chi connectivity index (χ2n) is 8.68. The lowest BCUT2D eigenvalue weighted by molar-refractivity contribution is 0.216. The maximum Gasteiger partial charge on any atom is 0.252 e. The van der Waals surface area contributed by atoms with Crippen molar-refractivity contribution in [2.45, 2.75) is 45.9 Å². The van der Waals surface area contributed by atoms with Gasteiger partial charge in [-0.05, 0) is 70.1 Å². The monoisotopic (exact) mass is 468 g/mol. The van der Waals surface area contributed by atoms with Gasteiger partial charge in [-0.25, -0.2) is 4.68 Å². The van der Waals surface area contributed by atoms with E-state index in [1.165, 1.54) is 11.1 Å². The van der Waals surface area contributed by atoms with Crippen LogP contribution in [0.1, 0.15) is 35.2 Å². The average Bonchev–Trinajstić information content (AvgIpc) is 3.55. The molecule has 0 aliphatic rings. The fourth-order valence-electron chi connectivity index (χ4n) is 4.26. The molecule has 3 aromatic heterocycles. The molecular weight excluding hydrogens is 440 g/mol. The zero-order chi connectivity index (χ0) is 24.0. The minimum Gasteiger partial charge on any atom is -0.468 e. The van der Waals surface area contributed by atoms with Gasteiger partial charge in [-0.3, -0.25) is 9.69 Å². The molecule has 8 heteroatoms. The SMILES string of the molecule is CCc1ccc2[nH]c(=O)c(CN(Cc3ccco3)Cc3nnnn3CCc3ccccc3)cc2c1. The van der Waals surface area contributed by atoms with Crippen molar-refractivity contribution in [3.05, 3.63) is 112 Å². The lowest BCUT2D eigenvalue weighted by Gasteiger charge is -2.20. The van der Waals surface area contributed by atoms with Crippen molar-refractivity contribution in [2.75, 3.05) is 0 Å². The molecule has 0 unspecified atom stereocenters. The van der Waals surface area contributed by atoms with Crippen LogP contribution in [0.25, 0.3) is 10.9 Å². The van der Waals surface area contributed by atoms with Gasteiger partial charge in [0.25, 0.3) is 5.56 Å². The number of benzene rings is 2. The number of fused-ring (bicyclic) bond motifs is 1. The van der Waals surface area contributed by atoms with E-state index >= 15 is 0 Å². The molecule has 0 amide bonds. The Balaban J connectivity index is 1.39. The van der Waals surface area contributed by atoms with Crippen LogP contribution in [0.3, 0.4) is 0 Å². The van der Waals surface area contributed by atoms with Crippen molar-refractivity contribution < 1.29 is 4.42 Å². The van der Waals surface area contributed by atoms with Gasteiger partial charge in [0, 0.05) is 24.2 Å². The molecule has 0 saturated heterocycles. The van der Waals surface area contributed by atoms with Crippen molar-refractivity contribution in [1.29, 1.82) is 0 Å². The Kier molecular flexibility index (Phi) is 6.81. The van der Waals surface area contributed by atoms with Crippen molar-refractivity contribution in [3.63, 3.8) is 0 Å². The normalized spacial score (nSPS) is 11.5. The molecule has 2 aromatic carbocycles. The van der Waals surface area contributed by atoms with Crippen LogP contribution in [0.4, 0.5) is 0 Å². The van der Waals surface area contributed by atoms with Crippen LogP contribution >= 0.6 is 0 Å². The number of aryl methyl sites for hydroxylation is 3. The number of hydrogen-bond acceptors (Lipinski definition) is 6. The Labute approximate surface area is 203 Å². The zero-order valence-corrected chi connectivity index (χ0v) is 19.7. The number of hydrogen-bond donors (Lipinski definition) is 1. The predicted molar refractivity (Wildman–Crippen MR) is 134 cm³/mol. The number of H-pyrrole nitrogens is 1. The van der Waals surface area contributed by atoms with Crippen LogP contribution in [-0.4, -0.2) is 30.1 Å². The Morgan fingerprint density at radius 1 is 0.971 bits per heavy atom. The van der Waals surface area contributed by atoms with Crippen LogP contribution in [0, 0.1) is 0 Å². The summed E-state index contributed by atoms with van der Waals surface area (Å²) in [5, 5.41) is 13.4. The van der Waals surface area contributed by atoms with E-state index in [2.05, 4.69) is 56.6 Å². The van der Waals surface area contributed by atoms with Gasteiger partial charge in [-0.15, -0.1) is 5.10 Å². The van der Waals surface area contributed by atoms with Crippen molar-refractivity contribution >= 4 is 10.9 Å². The fourth-order valence-corrected chi connectivity index (χ4v) is 4.26.